The first-order chi connectivity index (χ1) is 31.0. The lowest BCUT2D eigenvalue weighted by Gasteiger charge is -2.45. The molecule has 5 aromatic rings. The number of nitriles is 1. The van der Waals surface area contributed by atoms with E-state index in [0.29, 0.717) is 83.5 Å². The fraction of sp³-hybridized carbons (Fsp3) is 0.467. The number of urea groups is 1. The lowest BCUT2D eigenvalue weighted by molar-refractivity contribution is -0.108. The second kappa shape index (κ2) is 21.0. The number of likely N-dealkylation sites (N-methyl/N-ethyl adjacent to an activating group) is 1. The molecule has 2 saturated heterocycles. The van der Waals surface area contributed by atoms with Gasteiger partial charge in [0.2, 0.25) is 6.41 Å². The van der Waals surface area contributed by atoms with Gasteiger partial charge in [0.1, 0.15) is 29.4 Å². The van der Waals surface area contributed by atoms with Crippen molar-refractivity contribution >= 4 is 58.0 Å². The van der Waals surface area contributed by atoms with Crippen molar-refractivity contribution in [1.82, 2.24) is 34.3 Å². The topological polar surface area (TPSA) is 174 Å². The maximum absolute atomic E-state index is 15.5. The number of ether oxygens (including phenoxy) is 2. The third-order valence-corrected chi connectivity index (χ3v) is 13.0. The molecule has 64 heavy (non-hydrogen) atoms. The van der Waals surface area contributed by atoms with Crippen LogP contribution in [-0.2, 0) is 16.6 Å². The third kappa shape index (κ3) is 10.4. The molecule has 8 rings (SSSR count). The summed E-state index contributed by atoms with van der Waals surface area (Å²) in [6.07, 6.45) is 8.96. The molecular formula is C45H53F3N10O5S. The SMILES string of the molecule is CCCN(C(=O)NC=O)c1nn(C)c2cc([C@H]3CCC(N4CCC5(CCCO5)CC4)C(F)C3)c(F)cc12.CN(CCO)SNc1ccc(F)c(Oc2ccc3nccnc3c2)c1C#N. The molecule has 2 unspecified atom stereocenters. The minimum absolute atomic E-state index is 0.00107. The summed E-state index contributed by atoms with van der Waals surface area (Å²) in [6, 6.07) is 12.1. The molecule has 4 heterocycles. The number of hydrogen-bond acceptors (Lipinski definition) is 13. The highest BCUT2D eigenvalue weighted by Crippen LogP contribution is 2.43. The number of anilines is 2. The van der Waals surface area contributed by atoms with E-state index in [1.54, 1.807) is 59.7 Å². The molecule has 3 amide bonds. The van der Waals surface area contributed by atoms with Crippen LogP contribution in [0.5, 0.6) is 11.5 Å². The number of alkyl halides is 1. The van der Waals surface area contributed by atoms with Crippen molar-refractivity contribution in [2.45, 2.75) is 82.0 Å². The van der Waals surface area contributed by atoms with E-state index in [9.17, 15) is 19.2 Å². The van der Waals surface area contributed by atoms with Gasteiger partial charge in [-0.05, 0) is 106 Å². The van der Waals surface area contributed by atoms with Crippen molar-refractivity contribution in [3.63, 3.8) is 0 Å². The van der Waals surface area contributed by atoms with Crippen LogP contribution in [0.2, 0.25) is 0 Å². The van der Waals surface area contributed by atoms with E-state index in [1.165, 1.54) is 35.2 Å². The predicted molar refractivity (Wildman–Crippen MR) is 239 cm³/mol. The van der Waals surface area contributed by atoms with Gasteiger partial charge in [-0.2, -0.15) is 10.4 Å². The largest absolute Gasteiger partial charge is 0.453 e. The highest BCUT2D eigenvalue weighted by Gasteiger charge is 2.43. The molecule has 3 atom stereocenters. The van der Waals surface area contributed by atoms with Gasteiger partial charge in [0.25, 0.3) is 0 Å². The Morgan fingerprint density at radius 1 is 1.09 bits per heavy atom. The first-order valence-corrected chi connectivity index (χ1v) is 22.3. The first kappa shape index (κ1) is 46.5. The van der Waals surface area contributed by atoms with Crippen molar-refractivity contribution in [3.05, 3.63) is 77.6 Å². The molecule has 340 valence electrons. The summed E-state index contributed by atoms with van der Waals surface area (Å²) >= 11 is 1.18. The minimum Gasteiger partial charge on any atom is -0.453 e. The van der Waals surface area contributed by atoms with E-state index >= 15 is 8.78 Å². The molecule has 3 N–H and O–H groups in total. The van der Waals surface area contributed by atoms with Gasteiger partial charge in [-0.3, -0.25) is 34.6 Å². The number of nitrogens with one attached hydrogen (secondary N) is 2. The van der Waals surface area contributed by atoms with E-state index in [-0.39, 0.29) is 35.5 Å². The molecule has 2 aliphatic heterocycles. The van der Waals surface area contributed by atoms with Crippen LogP contribution in [0.1, 0.15) is 75.3 Å². The number of amides is 3. The van der Waals surface area contributed by atoms with Crippen molar-refractivity contribution in [3.8, 4) is 17.6 Å². The van der Waals surface area contributed by atoms with Gasteiger partial charge in [0.05, 0.1) is 34.4 Å². The molecule has 3 aliphatic rings. The summed E-state index contributed by atoms with van der Waals surface area (Å²) in [6.45, 7) is 5.22. The summed E-state index contributed by atoms with van der Waals surface area (Å²) in [5, 5.41) is 25.6. The number of piperidine rings is 1. The summed E-state index contributed by atoms with van der Waals surface area (Å²) in [5.41, 5.74) is 2.92. The number of hydrogen-bond donors (Lipinski definition) is 3. The Kier molecular flexibility index (Phi) is 15.2. The number of imide groups is 1. The van der Waals surface area contributed by atoms with Crippen LogP contribution >= 0.6 is 12.1 Å². The number of carbonyl (C=O) groups excluding carboxylic acids is 2. The monoisotopic (exact) mass is 902 g/mol. The number of likely N-dealkylation sites (tertiary alicyclic amines) is 1. The van der Waals surface area contributed by atoms with Crippen LogP contribution in [-0.4, -0.2) is 111 Å². The standard InChI is InChI=1S/C27H37F2N5O3.C18H16FN5O2S/c1-3-10-34(26(36)30-17-35)25-20-15-21(28)19(16-24(20)32(2)31-25)18-5-6-23(22(29)14-18)33-11-8-27(9-12-33)7-4-13-37-27;1-24(8-9-25)27-23-15-5-3-14(19)18(13(15)11-20)26-12-2-4-16-17(10-12)22-7-6-21-16/h15-18,22-23H,3-14H2,1-2H3,(H,30,35,36);2-7,10,23,25H,8-9H2,1H3/t18-,22?,23?;/m0./s1. The molecule has 1 saturated carbocycles. The number of benzene rings is 3. The Morgan fingerprint density at radius 2 is 1.88 bits per heavy atom. The molecule has 15 nitrogen and oxygen atoms in total. The zero-order valence-corrected chi connectivity index (χ0v) is 36.9. The van der Waals surface area contributed by atoms with Crippen molar-refractivity contribution in [1.29, 1.82) is 5.26 Å². The number of aryl methyl sites for hydroxylation is 1. The normalized spacial score (nSPS) is 19.6. The van der Waals surface area contributed by atoms with E-state index in [1.807, 2.05) is 13.0 Å². The van der Waals surface area contributed by atoms with Gasteiger partial charge in [0.15, 0.2) is 17.4 Å². The number of fused-ring (bicyclic) bond motifs is 2. The molecule has 3 aromatic carbocycles. The van der Waals surface area contributed by atoms with Crippen LogP contribution in [0, 0.1) is 23.0 Å². The predicted octanol–water partition coefficient (Wildman–Crippen LogP) is 7.75. The Morgan fingerprint density at radius 3 is 2.56 bits per heavy atom. The van der Waals surface area contributed by atoms with Crippen LogP contribution in [0.4, 0.5) is 29.5 Å². The molecule has 2 aromatic heterocycles. The first-order valence-electron chi connectivity index (χ1n) is 21.5. The fourth-order valence-electron chi connectivity index (χ4n) is 8.94. The maximum Gasteiger partial charge on any atom is 0.329 e. The number of nitrogens with zero attached hydrogens (tertiary/aromatic N) is 8. The Labute approximate surface area is 374 Å². The molecule has 1 aliphatic carbocycles. The lowest BCUT2D eigenvalue weighted by Crippen LogP contribution is -2.52. The van der Waals surface area contributed by atoms with Gasteiger partial charge in [-0.25, -0.2) is 22.3 Å². The van der Waals surface area contributed by atoms with Gasteiger partial charge >= 0.3 is 6.03 Å². The minimum atomic E-state index is -1.01. The van der Waals surface area contributed by atoms with Crippen molar-refractivity contribution in [2.24, 2.45) is 7.05 Å². The van der Waals surface area contributed by atoms with Crippen LogP contribution < -0.4 is 19.7 Å². The molecule has 3 fully saturated rings. The molecule has 0 radical (unpaired) electrons. The van der Waals surface area contributed by atoms with Crippen molar-refractivity contribution in [2.75, 3.05) is 56.1 Å². The number of aromatic nitrogens is 4. The van der Waals surface area contributed by atoms with Crippen LogP contribution in [0.25, 0.3) is 21.9 Å². The number of carbonyl (C=O) groups is 2. The average Bonchev–Trinajstić information content (AvgIpc) is 3.88. The fourth-order valence-corrected chi connectivity index (χ4v) is 9.54. The van der Waals surface area contributed by atoms with Gasteiger partial charge in [-0.1, -0.05) is 6.92 Å². The van der Waals surface area contributed by atoms with E-state index in [4.69, 9.17) is 14.6 Å². The summed E-state index contributed by atoms with van der Waals surface area (Å²) in [5.74, 6) is -0.802. The van der Waals surface area contributed by atoms with E-state index < -0.39 is 23.8 Å². The van der Waals surface area contributed by atoms with Crippen LogP contribution in [0.3, 0.4) is 0 Å². The van der Waals surface area contributed by atoms with Crippen LogP contribution in [0.15, 0.2) is 54.9 Å². The second-order valence-electron chi connectivity index (χ2n) is 16.3. The zero-order chi connectivity index (χ0) is 45.4. The number of aliphatic hydroxyl groups is 1. The smallest absolute Gasteiger partial charge is 0.329 e. The Balaban J connectivity index is 0.000000201. The van der Waals surface area contributed by atoms with Gasteiger partial charge in [0, 0.05) is 81.9 Å². The number of halogens is 3. The second-order valence-corrected chi connectivity index (χ2v) is 17.3. The summed E-state index contributed by atoms with van der Waals surface area (Å²) in [4.78, 5) is 35.3. The average molecular weight is 903 g/mol. The third-order valence-electron chi connectivity index (χ3n) is 12.2. The van der Waals surface area contributed by atoms with Gasteiger partial charge < -0.3 is 19.3 Å². The molecule has 19 heteroatoms. The summed E-state index contributed by atoms with van der Waals surface area (Å²) < 4.78 is 63.4. The zero-order valence-electron chi connectivity index (χ0n) is 36.1. The number of aliphatic hydroxyl groups excluding tert-OH is 1. The maximum atomic E-state index is 15.5. The van der Waals surface area contributed by atoms with E-state index in [2.05, 4.69) is 30.0 Å². The quantitative estimate of drug-likeness (QED) is 0.0774. The summed E-state index contributed by atoms with van der Waals surface area (Å²) in [7, 11) is 3.51. The number of rotatable bonds is 13. The Bertz CT molecular complexity index is 2470. The highest BCUT2D eigenvalue weighted by atomic mass is 32.2. The van der Waals surface area contributed by atoms with Gasteiger partial charge in [-0.15, -0.1) is 0 Å². The molecular weight excluding hydrogens is 850 g/mol. The van der Waals surface area contributed by atoms with Crippen molar-refractivity contribution < 1.29 is 37.3 Å². The highest BCUT2D eigenvalue weighted by molar-refractivity contribution is 7.98. The molecule has 0 bridgehead atoms. The van der Waals surface area contributed by atoms with E-state index in [0.717, 1.165) is 51.8 Å². The Hall–Kier alpha value is -5.52. The molecule has 1 spiro atoms. The lowest BCUT2D eigenvalue weighted by atomic mass is 9.78.